The molecule has 10 aromatic rings. The summed E-state index contributed by atoms with van der Waals surface area (Å²) in [5, 5.41) is 4.92. The Hall–Kier alpha value is -7.42. The second-order valence-electron chi connectivity index (χ2n) is 16.2. The van der Waals surface area contributed by atoms with Gasteiger partial charge in [0.05, 0.1) is 11.4 Å². The van der Waals surface area contributed by atoms with Gasteiger partial charge >= 0.3 is 0 Å². The van der Waals surface area contributed by atoms with Crippen LogP contribution in [0, 0.1) is 0 Å². The number of nitrogens with zero attached hydrogens (tertiary/aromatic N) is 2. The summed E-state index contributed by atoms with van der Waals surface area (Å²) in [5.41, 5.74) is 17.3. The van der Waals surface area contributed by atoms with E-state index in [2.05, 4.69) is 214 Å². The van der Waals surface area contributed by atoms with Crippen LogP contribution in [0.1, 0.15) is 25.0 Å². The number of rotatable bonds is 6. The van der Waals surface area contributed by atoms with Crippen LogP contribution >= 0.6 is 0 Å². The third-order valence-electron chi connectivity index (χ3n) is 12.3. The van der Waals surface area contributed by atoms with Crippen LogP contribution in [0.2, 0.25) is 0 Å². The molecule has 0 N–H and O–H groups in total. The maximum Gasteiger partial charge on any atom is 0.160 e. The molecular weight excluding hydrogens is 713 g/mol. The van der Waals surface area contributed by atoms with Crippen molar-refractivity contribution in [1.82, 2.24) is 9.97 Å². The zero-order chi connectivity index (χ0) is 39.5. The highest BCUT2D eigenvalue weighted by molar-refractivity contribution is 6.06. The van der Waals surface area contributed by atoms with Crippen molar-refractivity contribution in [2.24, 2.45) is 0 Å². The Morgan fingerprint density at radius 3 is 1.53 bits per heavy atom. The minimum absolute atomic E-state index is 0.0793. The average molecular weight is 753 g/mol. The standard InChI is InChI=1S/C57H40N2/c1-57(2)52-31-27-42(33-50(52)51-32-40-22-12-13-23-41(40)35-53(51)57)45-29-30-48(47-25-15-14-24-46(45)47)55-36-54(58-56(59-55)39-20-10-5-11-21-39)43-26-28-44(37-16-6-3-7-17-37)49(34-43)38-18-8-4-9-19-38/h3-36H,1-2H3. The zero-order valence-electron chi connectivity index (χ0n) is 33.0. The molecule has 11 rings (SSSR count). The van der Waals surface area contributed by atoms with E-state index < -0.39 is 0 Å². The first-order valence-electron chi connectivity index (χ1n) is 20.4. The molecule has 1 heterocycles. The molecular formula is C57H40N2. The van der Waals surface area contributed by atoms with Crippen molar-refractivity contribution in [2.75, 3.05) is 0 Å². The summed E-state index contributed by atoms with van der Waals surface area (Å²) in [5.74, 6) is 0.701. The monoisotopic (exact) mass is 752 g/mol. The van der Waals surface area contributed by atoms with E-state index in [1.54, 1.807) is 0 Å². The largest absolute Gasteiger partial charge is 0.228 e. The highest BCUT2D eigenvalue weighted by atomic mass is 14.9. The van der Waals surface area contributed by atoms with E-state index in [1.165, 1.54) is 71.8 Å². The van der Waals surface area contributed by atoms with Crippen LogP contribution in [0.3, 0.4) is 0 Å². The quantitative estimate of drug-likeness (QED) is 0.169. The summed E-state index contributed by atoms with van der Waals surface area (Å²) < 4.78 is 0. The third-order valence-corrected chi connectivity index (χ3v) is 12.3. The molecule has 2 heteroatoms. The first-order valence-corrected chi connectivity index (χ1v) is 20.4. The maximum atomic E-state index is 5.30. The van der Waals surface area contributed by atoms with Crippen LogP contribution < -0.4 is 0 Å². The van der Waals surface area contributed by atoms with Crippen molar-refractivity contribution < 1.29 is 0 Å². The van der Waals surface area contributed by atoms with Gasteiger partial charge in [-0.3, -0.25) is 0 Å². The topological polar surface area (TPSA) is 25.8 Å². The highest BCUT2D eigenvalue weighted by Crippen LogP contribution is 2.51. The summed E-state index contributed by atoms with van der Waals surface area (Å²) in [6.07, 6.45) is 0. The minimum atomic E-state index is -0.0793. The van der Waals surface area contributed by atoms with Gasteiger partial charge in [-0.15, -0.1) is 0 Å². The van der Waals surface area contributed by atoms with E-state index in [-0.39, 0.29) is 5.41 Å². The molecule has 1 aliphatic carbocycles. The summed E-state index contributed by atoms with van der Waals surface area (Å²) in [7, 11) is 0. The van der Waals surface area contributed by atoms with Crippen LogP contribution in [-0.4, -0.2) is 9.97 Å². The number of benzene rings is 9. The molecule has 278 valence electrons. The van der Waals surface area contributed by atoms with E-state index in [0.717, 1.165) is 33.5 Å². The SMILES string of the molecule is CC1(C)c2ccc(-c3ccc(-c4cc(-c5ccc(-c6ccccc6)c(-c6ccccc6)c5)nc(-c5ccccc5)n4)c4ccccc34)cc2-c2cc3ccccc3cc21. The Labute approximate surface area is 345 Å². The molecule has 1 aliphatic rings. The molecule has 0 fully saturated rings. The lowest BCUT2D eigenvalue weighted by molar-refractivity contribution is 0.661. The van der Waals surface area contributed by atoms with Crippen molar-refractivity contribution in [3.63, 3.8) is 0 Å². The number of fused-ring (bicyclic) bond motifs is 5. The van der Waals surface area contributed by atoms with Crippen LogP contribution in [0.4, 0.5) is 0 Å². The smallest absolute Gasteiger partial charge is 0.160 e. The molecule has 59 heavy (non-hydrogen) atoms. The van der Waals surface area contributed by atoms with Gasteiger partial charge in [0.25, 0.3) is 0 Å². The molecule has 1 aromatic heterocycles. The number of hydrogen-bond acceptors (Lipinski definition) is 2. The van der Waals surface area contributed by atoms with Gasteiger partial charge in [0.2, 0.25) is 0 Å². The van der Waals surface area contributed by atoms with Crippen molar-refractivity contribution in [3.05, 3.63) is 217 Å². The molecule has 9 aromatic carbocycles. The lowest BCUT2D eigenvalue weighted by atomic mass is 9.81. The maximum absolute atomic E-state index is 5.30. The van der Waals surface area contributed by atoms with Gasteiger partial charge in [-0.05, 0) is 108 Å². The molecule has 0 bridgehead atoms. The van der Waals surface area contributed by atoms with E-state index in [0.29, 0.717) is 5.82 Å². The van der Waals surface area contributed by atoms with Crippen LogP contribution in [0.25, 0.3) is 100.0 Å². The summed E-state index contributed by atoms with van der Waals surface area (Å²) >= 11 is 0. The molecule has 0 saturated carbocycles. The second-order valence-corrected chi connectivity index (χ2v) is 16.2. The van der Waals surface area contributed by atoms with Gasteiger partial charge in [-0.25, -0.2) is 9.97 Å². The summed E-state index contributed by atoms with van der Waals surface area (Å²) in [6.45, 7) is 4.71. The van der Waals surface area contributed by atoms with Gasteiger partial charge in [-0.1, -0.05) is 190 Å². The lowest BCUT2D eigenvalue weighted by Gasteiger charge is -2.22. The van der Waals surface area contributed by atoms with Gasteiger partial charge < -0.3 is 0 Å². The van der Waals surface area contributed by atoms with Gasteiger partial charge in [0, 0.05) is 22.1 Å². The molecule has 0 radical (unpaired) electrons. The Kier molecular flexibility index (Phi) is 8.20. The van der Waals surface area contributed by atoms with Crippen molar-refractivity contribution in [2.45, 2.75) is 19.3 Å². The average Bonchev–Trinajstić information content (AvgIpc) is 3.52. The van der Waals surface area contributed by atoms with Crippen molar-refractivity contribution >= 4 is 21.5 Å². The Balaban J connectivity index is 1.07. The Morgan fingerprint density at radius 1 is 0.305 bits per heavy atom. The van der Waals surface area contributed by atoms with Crippen LogP contribution in [-0.2, 0) is 5.41 Å². The Morgan fingerprint density at radius 2 is 0.814 bits per heavy atom. The predicted molar refractivity (Wildman–Crippen MR) is 247 cm³/mol. The van der Waals surface area contributed by atoms with Crippen molar-refractivity contribution in [1.29, 1.82) is 0 Å². The summed E-state index contributed by atoms with van der Waals surface area (Å²) in [4.78, 5) is 10.6. The molecule has 2 nitrogen and oxygen atoms in total. The molecule has 0 aliphatic heterocycles. The second kappa shape index (κ2) is 13.9. The first-order chi connectivity index (χ1) is 29.0. The fourth-order valence-corrected chi connectivity index (χ4v) is 9.26. The summed E-state index contributed by atoms with van der Waals surface area (Å²) in [6, 6.07) is 74.4. The highest BCUT2D eigenvalue weighted by Gasteiger charge is 2.36. The first kappa shape index (κ1) is 34.8. The van der Waals surface area contributed by atoms with Gasteiger partial charge in [-0.2, -0.15) is 0 Å². The van der Waals surface area contributed by atoms with Gasteiger partial charge in [0.15, 0.2) is 5.82 Å². The number of hydrogen-bond donors (Lipinski definition) is 0. The minimum Gasteiger partial charge on any atom is -0.228 e. The lowest BCUT2D eigenvalue weighted by Crippen LogP contribution is -2.14. The van der Waals surface area contributed by atoms with E-state index in [9.17, 15) is 0 Å². The Bertz CT molecular complexity index is 3220. The van der Waals surface area contributed by atoms with E-state index >= 15 is 0 Å². The molecule has 0 unspecified atom stereocenters. The predicted octanol–water partition coefficient (Wildman–Crippen LogP) is 15.1. The third kappa shape index (κ3) is 5.96. The van der Waals surface area contributed by atoms with E-state index in [4.69, 9.17) is 9.97 Å². The zero-order valence-corrected chi connectivity index (χ0v) is 33.0. The number of aromatic nitrogens is 2. The normalized spacial score (nSPS) is 12.7. The fraction of sp³-hybridized carbons (Fsp3) is 0.0526. The van der Waals surface area contributed by atoms with Gasteiger partial charge in [0.1, 0.15) is 0 Å². The van der Waals surface area contributed by atoms with Crippen molar-refractivity contribution in [3.8, 4) is 78.4 Å². The molecule has 0 saturated heterocycles. The molecule has 0 spiro atoms. The van der Waals surface area contributed by atoms with Crippen LogP contribution in [0.5, 0.6) is 0 Å². The fourth-order valence-electron chi connectivity index (χ4n) is 9.26. The van der Waals surface area contributed by atoms with Crippen LogP contribution in [0.15, 0.2) is 206 Å². The molecule has 0 atom stereocenters. The van der Waals surface area contributed by atoms with E-state index in [1.807, 2.05) is 6.07 Å². The molecule has 0 amide bonds.